The summed E-state index contributed by atoms with van der Waals surface area (Å²) in [5.74, 6) is 0.835. The summed E-state index contributed by atoms with van der Waals surface area (Å²) in [4.78, 5) is 8.84. The van der Waals surface area contributed by atoms with E-state index in [4.69, 9.17) is 17.3 Å². The maximum Gasteiger partial charge on any atom is 0.153 e. The van der Waals surface area contributed by atoms with Gasteiger partial charge in [-0.3, -0.25) is 0 Å². The minimum absolute atomic E-state index is 0.485. The van der Waals surface area contributed by atoms with Crippen LogP contribution in [0.1, 0.15) is 12.8 Å². The first kappa shape index (κ1) is 12.5. The molecule has 2 rings (SSSR count). The zero-order chi connectivity index (χ0) is 12.4. The Bertz CT molecular complexity index is 394. The highest BCUT2D eigenvalue weighted by atomic mass is 35.5. The van der Waals surface area contributed by atoms with E-state index in [1.807, 2.05) is 6.07 Å². The van der Waals surface area contributed by atoms with E-state index in [0.717, 1.165) is 18.9 Å². The Morgan fingerprint density at radius 3 is 3.00 bits per heavy atom. The number of rotatable bonds is 3. The SMILES string of the molecule is CN(C)CC1CCCN1c1nc(Cl)ccc1N. The summed E-state index contributed by atoms with van der Waals surface area (Å²) in [6.45, 7) is 2.03. The quantitative estimate of drug-likeness (QED) is 0.837. The normalized spacial score (nSPS) is 20.2. The van der Waals surface area contributed by atoms with Crippen LogP contribution in [0.15, 0.2) is 12.1 Å². The molecule has 0 spiro atoms. The highest BCUT2D eigenvalue weighted by molar-refractivity contribution is 6.29. The van der Waals surface area contributed by atoms with Gasteiger partial charge in [0, 0.05) is 19.1 Å². The van der Waals surface area contributed by atoms with E-state index in [-0.39, 0.29) is 0 Å². The predicted octanol–water partition coefficient (Wildman–Crippen LogP) is 1.85. The Labute approximate surface area is 107 Å². The van der Waals surface area contributed by atoms with Crippen molar-refractivity contribution in [2.45, 2.75) is 18.9 Å². The molecule has 0 saturated carbocycles. The summed E-state index contributed by atoms with van der Waals surface area (Å²) in [5.41, 5.74) is 6.69. The molecule has 4 nitrogen and oxygen atoms in total. The molecule has 5 heteroatoms. The van der Waals surface area contributed by atoms with Crippen LogP contribution >= 0.6 is 11.6 Å². The number of anilines is 2. The van der Waals surface area contributed by atoms with Crippen LogP contribution in [0.3, 0.4) is 0 Å². The first-order chi connectivity index (χ1) is 8.08. The van der Waals surface area contributed by atoms with Crippen molar-refractivity contribution in [3.63, 3.8) is 0 Å². The lowest BCUT2D eigenvalue weighted by Crippen LogP contribution is -2.38. The van der Waals surface area contributed by atoms with Crippen LogP contribution in [0.4, 0.5) is 11.5 Å². The average Bonchev–Trinajstić information content (AvgIpc) is 2.69. The molecular formula is C12H19ClN4. The maximum atomic E-state index is 5.99. The molecule has 0 aliphatic carbocycles. The smallest absolute Gasteiger partial charge is 0.153 e. The predicted molar refractivity (Wildman–Crippen MR) is 72.6 cm³/mol. The molecule has 1 unspecified atom stereocenters. The topological polar surface area (TPSA) is 45.4 Å². The second-order valence-corrected chi connectivity index (χ2v) is 5.19. The zero-order valence-electron chi connectivity index (χ0n) is 10.4. The van der Waals surface area contributed by atoms with Crippen molar-refractivity contribution in [3.05, 3.63) is 17.3 Å². The molecule has 2 heterocycles. The summed E-state index contributed by atoms with van der Waals surface area (Å²) in [6, 6.07) is 4.05. The lowest BCUT2D eigenvalue weighted by atomic mass is 10.2. The van der Waals surface area contributed by atoms with Gasteiger partial charge < -0.3 is 15.5 Å². The fourth-order valence-electron chi connectivity index (χ4n) is 2.39. The van der Waals surface area contributed by atoms with E-state index in [1.165, 1.54) is 12.8 Å². The van der Waals surface area contributed by atoms with Crippen LogP contribution in [0.5, 0.6) is 0 Å². The number of pyridine rings is 1. The molecule has 1 aliphatic rings. The Hall–Kier alpha value is -1.00. The van der Waals surface area contributed by atoms with Crippen molar-refractivity contribution in [1.29, 1.82) is 0 Å². The van der Waals surface area contributed by atoms with E-state index in [0.29, 0.717) is 16.9 Å². The standard InChI is InChI=1S/C12H19ClN4/c1-16(2)8-9-4-3-7-17(9)12-10(14)5-6-11(13)15-12/h5-6,9H,3-4,7-8,14H2,1-2H3. The largest absolute Gasteiger partial charge is 0.396 e. The van der Waals surface area contributed by atoms with Crippen molar-refractivity contribution in [3.8, 4) is 0 Å². The van der Waals surface area contributed by atoms with Gasteiger partial charge in [0.05, 0.1) is 5.69 Å². The summed E-state index contributed by atoms with van der Waals surface area (Å²) in [7, 11) is 4.18. The van der Waals surface area contributed by atoms with Gasteiger partial charge in [-0.1, -0.05) is 11.6 Å². The van der Waals surface area contributed by atoms with Gasteiger partial charge in [-0.05, 0) is 39.1 Å². The third-order valence-electron chi connectivity index (χ3n) is 3.10. The van der Waals surface area contributed by atoms with Gasteiger partial charge in [0.1, 0.15) is 5.15 Å². The van der Waals surface area contributed by atoms with Gasteiger partial charge in [0.25, 0.3) is 0 Å². The van der Waals surface area contributed by atoms with E-state index in [9.17, 15) is 0 Å². The first-order valence-corrected chi connectivity index (χ1v) is 6.29. The highest BCUT2D eigenvalue weighted by Crippen LogP contribution is 2.29. The molecule has 1 saturated heterocycles. The molecule has 2 N–H and O–H groups in total. The molecule has 1 aromatic heterocycles. The maximum absolute atomic E-state index is 5.99. The Kier molecular flexibility index (Phi) is 3.74. The molecule has 94 valence electrons. The van der Waals surface area contributed by atoms with Crippen molar-refractivity contribution in [2.24, 2.45) is 0 Å². The highest BCUT2D eigenvalue weighted by Gasteiger charge is 2.27. The first-order valence-electron chi connectivity index (χ1n) is 5.91. The Morgan fingerprint density at radius 1 is 1.53 bits per heavy atom. The molecule has 0 aromatic carbocycles. The molecular weight excluding hydrogens is 236 g/mol. The van der Waals surface area contributed by atoms with Crippen LogP contribution in [0.25, 0.3) is 0 Å². The molecule has 0 radical (unpaired) electrons. The van der Waals surface area contributed by atoms with Crippen molar-refractivity contribution in [1.82, 2.24) is 9.88 Å². The van der Waals surface area contributed by atoms with Gasteiger partial charge in [0.15, 0.2) is 5.82 Å². The molecule has 1 fully saturated rings. The van der Waals surface area contributed by atoms with Crippen LogP contribution in [-0.2, 0) is 0 Å². The van der Waals surface area contributed by atoms with Crippen molar-refractivity contribution in [2.75, 3.05) is 37.8 Å². The van der Waals surface area contributed by atoms with Gasteiger partial charge in [-0.2, -0.15) is 0 Å². The minimum Gasteiger partial charge on any atom is -0.396 e. The Balaban J connectivity index is 2.22. The number of nitrogens with zero attached hydrogens (tertiary/aromatic N) is 3. The van der Waals surface area contributed by atoms with Crippen LogP contribution in [-0.4, -0.2) is 43.1 Å². The monoisotopic (exact) mass is 254 g/mol. The van der Waals surface area contributed by atoms with E-state index in [1.54, 1.807) is 6.07 Å². The minimum atomic E-state index is 0.485. The number of hydrogen-bond acceptors (Lipinski definition) is 4. The molecule has 1 aliphatic heterocycles. The average molecular weight is 255 g/mol. The zero-order valence-corrected chi connectivity index (χ0v) is 11.1. The summed E-state index contributed by atoms with van der Waals surface area (Å²) < 4.78 is 0. The molecule has 1 atom stereocenters. The fourth-order valence-corrected chi connectivity index (χ4v) is 2.54. The van der Waals surface area contributed by atoms with Crippen molar-refractivity contribution >= 4 is 23.1 Å². The van der Waals surface area contributed by atoms with Gasteiger partial charge in [-0.15, -0.1) is 0 Å². The van der Waals surface area contributed by atoms with E-state index in [2.05, 4.69) is 28.9 Å². The van der Waals surface area contributed by atoms with Gasteiger partial charge in [0.2, 0.25) is 0 Å². The number of nitrogens with two attached hydrogens (primary N) is 1. The third-order valence-corrected chi connectivity index (χ3v) is 3.31. The van der Waals surface area contributed by atoms with Gasteiger partial charge >= 0.3 is 0 Å². The van der Waals surface area contributed by atoms with E-state index >= 15 is 0 Å². The molecule has 0 bridgehead atoms. The summed E-state index contributed by atoms with van der Waals surface area (Å²) in [6.07, 6.45) is 2.37. The van der Waals surface area contributed by atoms with Crippen LogP contribution in [0.2, 0.25) is 5.15 Å². The van der Waals surface area contributed by atoms with Crippen molar-refractivity contribution < 1.29 is 0 Å². The number of nitrogen functional groups attached to an aromatic ring is 1. The molecule has 0 amide bonds. The third kappa shape index (κ3) is 2.82. The fraction of sp³-hybridized carbons (Fsp3) is 0.583. The van der Waals surface area contributed by atoms with Crippen LogP contribution < -0.4 is 10.6 Å². The lowest BCUT2D eigenvalue weighted by Gasteiger charge is -2.28. The lowest BCUT2D eigenvalue weighted by molar-refractivity contribution is 0.371. The number of hydrogen-bond donors (Lipinski definition) is 1. The van der Waals surface area contributed by atoms with E-state index < -0.39 is 0 Å². The molecule has 1 aromatic rings. The summed E-state index contributed by atoms with van der Waals surface area (Å²) >= 11 is 5.94. The summed E-state index contributed by atoms with van der Waals surface area (Å²) in [5, 5.41) is 0.504. The van der Waals surface area contributed by atoms with Gasteiger partial charge in [-0.25, -0.2) is 4.98 Å². The Morgan fingerprint density at radius 2 is 2.29 bits per heavy atom. The second-order valence-electron chi connectivity index (χ2n) is 4.80. The van der Waals surface area contributed by atoms with Crippen LogP contribution in [0, 0.1) is 0 Å². The number of halogens is 1. The number of aromatic nitrogens is 1. The molecule has 17 heavy (non-hydrogen) atoms. The number of likely N-dealkylation sites (N-methyl/N-ethyl adjacent to an activating group) is 1. The second kappa shape index (κ2) is 5.10.